The van der Waals surface area contributed by atoms with E-state index in [-0.39, 0.29) is 37.4 Å². The summed E-state index contributed by atoms with van der Waals surface area (Å²) in [6.07, 6.45) is -5.69. The number of esters is 1. The van der Waals surface area contributed by atoms with E-state index in [2.05, 4.69) is 6.92 Å². The van der Waals surface area contributed by atoms with Gasteiger partial charge in [-0.05, 0) is 110 Å². The minimum atomic E-state index is -1.83. The minimum absolute atomic E-state index is 0.0553. The van der Waals surface area contributed by atoms with Crippen LogP contribution in [0.1, 0.15) is 120 Å². The third kappa shape index (κ3) is 8.14. The van der Waals surface area contributed by atoms with E-state index in [1.165, 1.54) is 7.11 Å². The minimum Gasteiger partial charge on any atom is -0.456 e. The van der Waals surface area contributed by atoms with Crippen LogP contribution in [0.25, 0.3) is 0 Å². The number of hydrogen-bond donors (Lipinski definition) is 6. The number of aliphatic hydroxyl groups is 6. The van der Waals surface area contributed by atoms with Crippen molar-refractivity contribution in [3.63, 3.8) is 0 Å². The van der Waals surface area contributed by atoms with E-state index in [1.807, 2.05) is 13.8 Å². The summed E-state index contributed by atoms with van der Waals surface area (Å²) in [7, 11) is 4.63. The lowest BCUT2D eigenvalue weighted by Gasteiger charge is -2.69. The lowest BCUT2D eigenvalue weighted by molar-refractivity contribution is -0.353. The molecular formula is C47H78O17. The number of aliphatic hydroxyl groups excluding tert-OH is 3. The van der Waals surface area contributed by atoms with Gasteiger partial charge in [0.1, 0.15) is 47.8 Å². The topological polar surface area (TPSA) is 231 Å². The second-order valence-electron chi connectivity index (χ2n) is 20.7. The molecule has 64 heavy (non-hydrogen) atoms. The van der Waals surface area contributed by atoms with E-state index in [4.69, 9.17) is 47.4 Å². The Morgan fingerprint density at radius 2 is 1.33 bits per heavy atom. The molecule has 7 aliphatic rings. The summed E-state index contributed by atoms with van der Waals surface area (Å²) in [5.74, 6) is -0.890. The number of fused-ring (bicyclic) bond motifs is 5. The molecule has 3 saturated heterocycles. The SMILES string of the molecule is C/C=C(\C)C(=O)OC(C)[C@]1(O)CC[C@@]2(O)[C@]1(C)[C@H](O)CC1[C@@]3(C)CC[C@H](O[C@H]4C[C@H](OC)[C@H](O[C@H]5C[C@H](OC)[C@H](O[C@@H]6O[C@H](C)[C@@H](O)[C@@H](OC)[C@H]6O)[C@@H](C)O5)[C@@H](C)O4)C[C@@H]3CC[C@]12O. The molecule has 0 spiro atoms. The summed E-state index contributed by atoms with van der Waals surface area (Å²) in [6, 6.07) is 0. The van der Waals surface area contributed by atoms with Crippen LogP contribution in [0.4, 0.5) is 0 Å². The maximum Gasteiger partial charge on any atom is 0.333 e. The van der Waals surface area contributed by atoms with Gasteiger partial charge in [0.05, 0.1) is 53.7 Å². The average molecular weight is 915 g/mol. The average Bonchev–Trinajstić information content (AvgIpc) is 3.49. The molecule has 7 fully saturated rings. The van der Waals surface area contributed by atoms with E-state index in [9.17, 15) is 35.4 Å². The highest BCUT2D eigenvalue weighted by atomic mass is 16.8. The van der Waals surface area contributed by atoms with Gasteiger partial charge >= 0.3 is 5.97 Å². The normalized spacial score (nSPS) is 52.6. The fraction of sp³-hybridized carbons (Fsp3) is 0.936. The van der Waals surface area contributed by atoms with Crippen molar-refractivity contribution >= 4 is 5.97 Å². The van der Waals surface area contributed by atoms with Crippen molar-refractivity contribution in [1.82, 2.24) is 0 Å². The molecule has 0 aromatic heterocycles. The Morgan fingerprint density at radius 3 is 1.92 bits per heavy atom. The smallest absolute Gasteiger partial charge is 0.333 e. The first-order valence-electron chi connectivity index (χ1n) is 23.6. The Balaban J connectivity index is 0.959. The van der Waals surface area contributed by atoms with Crippen LogP contribution in [0.15, 0.2) is 11.6 Å². The Morgan fingerprint density at radius 1 is 0.719 bits per heavy atom. The number of allylic oxidation sites excluding steroid dienone is 1. The molecule has 4 saturated carbocycles. The van der Waals surface area contributed by atoms with Crippen LogP contribution in [-0.2, 0) is 52.2 Å². The van der Waals surface area contributed by atoms with E-state index in [1.54, 1.807) is 54.9 Å². The number of ether oxygens (including phenoxy) is 10. The third-order valence-corrected chi connectivity index (χ3v) is 17.8. The number of carbonyl (C=O) groups is 1. The Labute approximate surface area is 378 Å². The van der Waals surface area contributed by atoms with Crippen molar-refractivity contribution in [3.8, 4) is 0 Å². The highest BCUT2D eigenvalue weighted by molar-refractivity contribution is 5.87. The van der Waals surface area contributed by atoms with Gasteiger partial charge in [-0.2, -0.15) is 0 Å². The highest BCUT2D eigenvalue weighted by Crippen LogP contribution is 2.72. The van der Waals surface area contributed by atoms with Crippen LogP contribution in [0.5, 0.6) is 0 Å². The van der Waals surface area contributed by atoms with Crippen molar-refractivity contribution in [2.45, 2.75) is 235 Å². The molecule has 0 bridgehead atoms. The van der Waals surface area contributed by atoms with Crippen molar-refractivity contribution in [1.29, 1.82) is 0 Å². The molecule has 17 nitrogen and oxygen atoms in total. The maximum absolute atomic E-state index is 12.8. The first-order valence-corrected chi connectivity index (χ1v) is 23.6. The lowest BCUT2D eigenvalue weighted by atomic mass is 9.40. The molecule has 6 N–H and O–H groups in total. The highest BCUT2D eigenvalue weighted by Gasteiger charge is 2.81. The summed E-state index contributed by atoms with van der Waals surface area (Å²) in [6.45, 7) is 14.2. The number of hydrogen-bond acceptors (Lipinski definition) is 17. The molecule has 2 unspecified atom stereocenters. The van der Waals surface area contributed by atoms with Crippen molar-refractivity contribution in [2.75, 3.05) is 21.3 Å². The largest absolute Gasteiger partial charge is 0.456 e. The van der Waals surface area contributed by atoms with Crippen LogP contribution in [0, 0.1) is 22.7 Å². The van der Waals surface area contributed by atoms with Gasteiger partial charge in [-0.15, -0.1) is 0 Å². The van der Waals surface area contributed by atoms with E-state index in [0.717, 1.165) is 0 Å². The van der Waals surface area contributed by atoms with Gasteiger partial charge in [0.25, 0.3) is 0 Å². The van der Waals surface area contributed by atoms with Crippen molar-refractivity contribution in [3.05, 3.63) is 11.6 Å². The van der Waals surface area contributed by atoms with Crippen molar-refractivity contribution in [2.24, 2.45) is 22.7 Å². The van der Waals surface area contributed by atoms with Gasteiger partial charge in [0.15, 0.2) is 18.9 Å². The molecule has 3 heterocycles. The molecule has 17 heteroatoms. The predicted octanol–water partition coefficient (Wildman–Crippen LogP) is 2.80. The fourth-order valence-electron chi connectivity index (χ4n) is 13.5. The second-order valence-corrected chi connectivity index (χ2v) is 20.7. The van der Waals surface area contributed by atoms with E-state index < -0.39 is 126 Å². The fourth-order valence-corrected chi connectivity index (χ4v) is 13.5. The lowest BCUT2D eigenvalue weighted by Crippen LogP contribution is -2.79. The molecule has 4 aliphatic carbocycles. The van der Waals surface area contributed by atoms with Gasteiger partial charge < -0.3 is 78.0 Å². The zero-order chi connectivity index (χ0) is 46.9. The Bertz CT molecular complexity index is 1670. The monoisotopic (exact) mass is 915 g/mol. The van der Waals surface area contributed by atoms with Crippen LogP contribution >= 0.6 is 0 Å². The molecule has 0 radical (unpaired) electrons. The molecule has 0 aromatic rings. The third-order valence-electron chi connectivity index (χ3n) is 17.8. The number of carbonyl (C=O) groups excluding carboxylic acids is 1. The summed E-state index contributed by atoms with van der Waals surface area (Å²) in [4.78, 5) is 12.8. The first-order chi connectivity index (χ1) is 30.1. The quantitative estimate of drug-likeness (QED) is 0.0940. The number of rotatable bonds is 12. The van der Waals surface area contributed by atoms with Gasteiger partial charge in [0.2, 0.25) is 0 Å². The maximum atomic E-state index is 12.8. The van der Waals surface area contributed by atoms with Gasteiger partial charge in [-0.3, -0.25) is 0 Å². The molecule has 0 aromatic carbocycles. The van der Waals surface area contributed by atoms with Crippen molar-refractivity contribution < 1.29 is 82.8 Å². The van der Waals surface area contributed by atoms with Crippen LogP contribution in [-0.4, -0.2) is 173 Å². The molecule has 7 rings (SSSR count). The predicted molar refractivity (Wildman–Crippen MR) is 227 cm³/mol. The molecular weight excluding hydrogens is 837 g/mol. The summed E-state index contributed by atoms with van der Waals surface area (Å²) in [5, 5.41) is 71.3. The van der Waals surface area contributed by atoms with Gasteiger partial charge in [-0.25, -0.2) is 4.79 Å². The molecule has 0 amide bonds. The zero-order valence-corrected chi connectivity index (χ0v) is 39.7. The van der Waals surface area contributed by atoms with Crippen LogP contribution in [0.2, 0.25) is 0 Å². The van der Waals surface area contributed by atoms with E-state index in [0.29, 0.717) is 50.5 Å². The first kappa shape index (κ1) is 50.5. The zero-order valence-electron chi connectivity index (χ0n) is 39.7. The summed E-state index contributed by atoms with van der Waals surface area (Å²) in [5.41, 5.74) is -6.81. The molecule has 3 aliphatic heterocycles. The summed E-state index contributed by atoms with van der Waals surface area (Å²) < 4.78 is 61.1. The van der Waals surface area contributed by atoms with Crippen LogP contribution < -0.4 is 0 Å². The Kier molecular flexibility index (Phi) is 14.9. The standard InChI is InChI=1S/C47H78O17/c1-12-23(2)41(51)61-27(6)45(52)17-18-47(54)44(45,8)33(48)22-32-43(7)15-14-29(19-28(43)13-16-46(32,47)53)62-34-20-30(55-9)38(25(4)58-34)63-35-21-31(56-10)39(26(5)59-35)64-42-37(50)40(57-11)36(49)24(3)60-42/h12,24-40,42,48-50,52-54H,13-22H2,1-11H3/b23-12+/t24-,25-,26-,27?,28+,29+,30+,31+,32?,33-,34+,35+,36-,37-,38-,39-,40-,42+,43+,44-,45-,46+,47-/m1/s1. The molecule has 23 atom stereocenters. The number of methoxy groups -OCH3 is 3. The Hall–Kier alpha value is -1.39. The van der Waals surface area contributed by atoms with Crippen LogP contribution in [0.3, 0.4) is 0 Å². The van der Waals surface area contributed by atoms with E-state index >= 15 is 0 Å². The molecule has 368 valence electrons. The second kappa shape index (κ2) is 18.8. The van der Waals surface area contributed by atoms with Gasteiger partial charge in [0, 0.05) is 39.7 Å². The summed E-state index contributed by atoms with van der Waals surface area (Å²) >= 11 is 0. The van der Waals surface area contributed by atoms with Gasteiger partial charge in [-0.1, -0.05) is 19.9 Å².